The number of ether oxygens (including phenoxy) is 1. The first-order chi connectivity index (χ1) is 13.4. The van der Waals surface area contributed by atoms with Gasteiger partial charge in [0.25, 0.3) is 5.91 Å². The van der Waals surface area contributed by atoms with Gasteiger partial charge in [0.15, 0.2) is 11.6 Å². The number of pyridine rings is 1. The highest BCUT2D eigenvalue weighted by Crippen LogP contribution is 2.27. The van der Waals surface area contributed by atoms with Crippen LogP contribution in [0, 0.1) is 11.6 Å². The fourth-order valence-electron chi connectivity index (χ4n) is 2.71. The van der Waals surface area contributed by atoms with Crippen molar-refractivity contribution in [1.29, 1.82) is 0 Å². The SMILES string of the molecule is Cn1ccnc1-c1cnc2sc(COc3ccc(F)c(C(N)=O)c3F)nc2c1. The van der Waals surface area contributed by atoms with E-state index >= 15 is 0 Å². The van der Waals surface area contributed by atoms with Gasteiger partial charge in [0.2, 0.25) is 0 Å². The van der Waals surface area contributed by atoms with Crippen LogP contribution in [0.5, 0.6) is 5.75 Å². The Morgan fingerprint density at radius 2 is 2.14 bits per heavy atom. The Hall–Kier alpha value is -3.40. The van der Waals surface area contributed by atoms with Gasteiger partial charge in [-0.1, -0.05) is 11.3 Å². The number of hydrogen-bond donors (Lipinski definition) is 1. The molecule has 0 fully saturated rings. The maximum Gasteiger partial charge on any atom is 0.254 e. The van der Waals surface area contributed by atoms with Crippen molar-refractivity contribution >= 4 is 27.6 Å². The molecular formula is C18H13F2N5O2S. The fourth-order valence-corrected chi connectivity index (χ4v) is 3.51. The van der Waals surface area contributed by atoms with Crippen LogP contribution in [0.3, 0.4) is 0 Å². The number of halogens is 2. The molecule has 10 heteroatoms. The van der Waals surface area contributed by atoms with Gasteiger partial charge in [0.05, 0.1) is 0 Å². The highest BCUT2D eigenvalue weighted by Gasteiger charge is 2.19. The molecule has 1 amide bonds. The summed E-state index contributed by atoms with van der Waals surface area (Å²) in [6.07, 6.45) is 5.22. The van der Waals surface area contributed by atoms with E-state index in [0.29, 0.717) is 15.4 Å². The van der Waals surface area contributed by atoms with Crippen LogP contribution in [0.1, 0.15) is 15.4 Å². The topological polar surface area (TPSA) is 95.9 Å². The summed E-state index contributed by atoms with van der Waals surface area (Å²) in [5, 5.41) is 0.545. The van der Waals surface area contributed by atoms with E-state index in [9.17, 15) is 13.6 Å². The van der Waals surface area contributed by atoms with E-state index in [-0.39, 0.29) is 12.4 Å². The molecule has 7 nitrogen and oxygen atoms in total. The molecule has 142 valence electrons. The van der Waals surface area contributed by atoms with Gasteiger partial charge in [-0.3, -0.25) is 4.79 Å². The maximum absolute atomic E-state index is 14.2. The molecule has 0 aliphatic carbocycles. The molecule has 4 aromatic rings. The largest absolute Gasteiger partial charge is 0.483 e. The van der Waals surface area contributed by atoms with E-state index in [4.69, 9.17) is 10.5 Å². The second kappa shape index (κ2) is 6.97. The van der Waals surface area contributed by atoms with Gasteiger partial charge in [-0.2, -0.15) is 0 Å². The number of benzene rings is 1. The number of fused-ring (bicyclic) bond motifs is 1. The summed E-state index contributed by atoms with van der Waals surface area (Å²) in [6, 6.07) is 3.88. The summed E-state index contributed by atoms with van der Waals surface area (Å²) in [6.45, 7) is -0.0699. The summed E-state index contributed by atoms with van der Waals surface area (Å²) in [4.78, 5) is 25.0. The van der Waals surface area contributed by atoms with Crippen LogP contribution in [0.25, 0.3) is 21.7 Å². The third-order valence-electron chi connectivity index (χ3n) is 4.02. The number of nitrogens with zero attached hydrogens (tertiary/aromatic N) is 4. The highest BCUT2D eigenvalue weighted by atomic mass is 32.1. The van der Waals surface area contributed by atoms with Crippen LogP contribution < -0.4 is 10.5 Å². The average Bonchev–Trinajstić information content (AvgIpc) is 3.25. The monoisotopic (exact) mass is 401 g/mol. The minimum absolute atomic E-state index is 0.0699. The van der Waals surface area contributed by atoms with Gasteiger partial charge in [-0.05, 0) is 18.2 Å². The minimum Gasteiger partial charge on any atom is -0.483 e. The Morgan fingerprint density at radius 3 is 2.86 bits per heavy atom. The Kier molecular flexibility index (Phi) is 4.47. The number of carbonyl (C=O) groups excluding carboxylic acids is 1. The fraction of sp³-hybridized carbons (Fsp3) is 0.111. The third kappa shape index (κ3) is 3.18. The first-order valence-electron chi connectivity index (χ1n) is 8.08. The number of aromatic nitrogens is 4. The van der Waals surface area contributed by atoms with Crippen molar-refractivity contribution in [3.05, 3.63) is 59.0 Å². The molecule has 0 spiro atoms. The lowest BCUT2D eigenvalue weighted by molar-refractivity contribution is 0.0991. The number of nitrogens with two attached hydrogens (primary N) is 1. The molecule has 0 saturated heterocycles. The minimum atomic E-state index is -1.20. The Morgan fingerprint density at radius 1 is 1.32 bits per heavy atom. The molecule has 2 N–H and O–H groups in total. The smallest absolute Gasteiger partial charge is 0.254 e. The van der Waals surface area contributed by atoms with E-state index < -0.39 is 23.1 Å². The maximum atomic E-state index is 14.2. The summed E-state index contributed by atoms with van der Waals surface area (Å²) in [5.74, 6) is -2.90. The first-order valence-corrected chi connectivity index (χ1v) is 8.89. The van der Waals surface area contributed by atoms with Gasteiger partial charge in [-0.15, -0.1) is 0 Å². The van der Waals surface area contributed by atoms with Crippen LogP contribution in [-0.4, -0.2) is 25.4 Å². The molecule has 28 heavy (non-hydrogen) atoms. The zero-order valence-electron chi connectivity index (χ0n) is 14.5. The predicted octanol–water partition coefficient (Wildman–Crippen LogP) is 3.05. The van der Waals surface area contributed by atoms with E-state index in [1.54, 1.807) is 12.4 Å². The van der Waals surface area contributed by atoms with Crippen molar-refractivity contribution in [2.24, 2.45) is 12.8 Å². The van der Waals surface area contributed by atoms with Gasteiger partial charge in [0, 0.05) is 31.2 Å². The number of rotatable bonds is 5. The van der Waals surface area contributed by atoms with Gasteiger partial charge >= 0.3 is 0 Å². The Labute approximate surface area is 161 Å². The number of carbonyl (C=O) groups is 1. The standard InChI is InChI=1S/C18H13F2N5O2S/c1-25-5-4-22-17(25)9-6-11-18(23-7-9)28-13(24-11)8-27-12-3-2-10(19)14(15(12)20)16(21)26/h2-7H,8H2,1H3,(H2,21,26). The number of amides is 1. The molecule has 1 aromatic carbocycles. The van der Waals surface area contributed by atoms with Crippen LogP contribution in [0.15, 0.2) is 36.8 Å². The summed E-state index contributed by atoms with van der Waals surface area (Å²) in [5.41, 5.74) is 5.64. The molecule has 0 radical (unpaired) electrons. The quantitative estimate of drug-likeness (QED) is 0.555. The lowest BCUT2D eigenvalue weighted by atomic mass is 10.2. The number of imidazole rings is 1. The molecule has 0 aliphatic rings. The van der Waals surface area contributed by atoms with Crippen molar-refractivity contribution in [2.45, 2.75) is 6.61 Å². The van der Waals surface area contributed by atoms with Crippen molar-refractivity contribution < 1.29 is 18.3 Å². The predicted molar refractivity (Wildman–Crippen MR) is 98.8 cm³/mol. The molecule has 0 bridgehead atoms. The van der Waals surface area contributed by atoms with Gasteiger partial charge < -0.3 is 15.0 Å². The Balaban J connectivity index is 1.59. The first kappa shape index (κ1) is 18.0. The lowest BCUT2D eigenvalue weighted by Gasteiger charge is -2.08. The van der Waals surface area contributed by atoms with Crippen molar-refractivity contribution in [1.82, 2.24) is 19.5 Å². The molecule has 3 heterocycles. The lowest BCUT2D eigenvalue weighted by Crippen LogP contribution is -2.16. The van der Waals surface area contributed by atoms with E-state index in [0.717, 1.165) is 23.5 Å². The molecule has 0 atom stereocenters. The van der Waals surface area contributed by atoms with E-state index in [2.05, 4.69) is 15.0 Å². The zero-order valence-corrected chi connectivity index (χ0v) is 15.3. The Bertz CT molecular complexity index is 1200. The van der Waals surface area contributed by atoms with Crippen molar-refractivity contribution in [2.75, 3.05) is 0 Å². The third-order valence-corrected chi connectivity index (χ3v) is 4.98. The summed E-state index contributed by atoms with van der Waals surface area (Å²) >= 11 is 1.28. The van der Waals surface area contributed by atoms with Gasteiger partial charge in [0.1, 0.15) is 39.2 Å². The van der Waals surface area contributed by atoms with Gasteiger partial charge in [-0.25, -0.2) is 23.7 Å². The molecular weight excluding hydrogens is 388 g/mol. The number of aryl methyl sites for hydroxylation is 1. The van der Waals surface area contributed by atoms with Crippen LogP contribution >= 0.6 is 11.3 Å². The van der Waals surface area contributed by atoms with Crippen LogP contribution in [0.2, 0.25) is 0 Å². The molecule has 3 aromatic heterocycles. The number of primary amides is 1. The number of thiazole rings is 1. The highest BCUT2D eigenvalue weighted by molar-refractivity contribution is 7.18. The van der Waals surface area contributed by atoms with Crippen molar-refractivity contribution in [3.8, 4) is 17.1 Å². The van der Waals surface area contributed by atoms with Crippen LogP contribution in [-0.2, 0) is 13.7 Å². The second-order valence-corrected chi connectivity index (χ2v) is 6.97. The van der Waals surface area contributed by atoms with E-state index in [1.165, 1.54) is 11.3 Å². The molecule has 0 unspecified atom stereocenters. The second-order valence-electron chi connectivity index (χ2n) is 5.91. The molecule has 4 rings (SSSR count). The molecule has 0 aliphatic heterocycles. The number of hydrogen-bond acceptors (Lipinski definition) is 6. The summed E-state index contributed by atoms with van der Waals surface area (Å²) < 4.78 is 35.0. The summed E-state index contributed by atoms with van der Waals surface area (Å²) in [7, 11) is 1.88. The van der Waals surface area contributed by atoms with Crippen molar-refractivity contribution in [3.63, 3.8) is 0 Å². The average molecular weight is 401 g/mol. The molecule has 0 saturated carbocycles. The zero-order chi connectivity index (χ0) is 19.8. The van der Waals surface area contributed by atoms with Crippen LogP contribution in [0.4, 0.5) is 8.78 Å². The van der Waals surface area contributed by atoms with E-state index in [1.807, 2.05) is 23.9 Å². The normalized spacial score (nSPS) is 11.1.